The molecule has 2 atom stereocenters. The van der Waals surface area contributed by atoms with Gasteiger partial charge in [0.25, 0.3) is 0 Å². The van der Waals surface area contributed by atoms with E-state index in [1.807, 2.05) is 24.3 Å². The average molecular weight is 264 g/mol. The van der Waals surface area contributed by atoms with Gasteiger partial charge in [-0.15, -0.1) is 0 Å². The molecule has 1 saturated heterocycles. The van der Waals surface area contributed by atoms with Gasteiger partial charge in [-0.2, -0.15) is 0 Å². The van der Waals surface area contributed by atoms with Gasteiger partial charge in [0.15, 0.2) is 0 Å². The third-order valence-electron chi connectivity index (χ3n) is 3.59. The number of nitrogens with two attached hydrogens (primary N) is 1. The Morgan fingerprint density at radius 1 is 1.42 bits per heavy atom. The molecule has 1 aliphatic heterocycles. The number of hydrogen-bond acceptors (Lipinski definition) is 4. The molecule has 1 heterocycles. The Morgan fingerprint density at radius 2 is 2.16 bits per heavy atom. The molecule has 0 aromatic heterocycles. The summed E-state index contributed by atoms with van der Waals surface area (Å²) < 4.78 is 10.8. The quantitative estimate of drug-likeness (QED) is 0.851. The van der Waals surface area contributed by atoms with Crippen molar-refractivity contribution in [1.29, 1.82) is 0 Å². The smallest absolute Gasteiger partial charge is 0.118 e. The van der Waals surface area contributed by atoms with E-state index < -0.39 is 0 Å². The molecule has 106 valence electrons. The van der Waals surface area contributed by atoms with Crippen molar-refractivity contribution in [2.45, 2.75) is 25.0 Å². The molecule has 0 amide bonds. The number of nitrogens with zero attached hydrogens (tertiary/aromatic N) is 1. The predicted molar refractivity (Wildman–Crippen MR) is 76.4 cm³/mol. The fourth-order valence-corrected chi connectivity index (χ4v) is 2.50. The highest BCUT2D eigenvalue weighted by Gasteiger charge is 2.18. The summed E-state index contributed by atoms with van der Waals surface area (Å²) in [5.74, 6) is 0.865. The zero-order valence-corrected chi connectivity index (χ0v) is 11.8. The third kappa shape index (κ3) is 4.20. The van der Waals surface area contributed by atoms with Gasteiger partial charge in [0.2, 0.25) is 0 Å². The van der Waals surface area contributed by atoms with E-state index in [4.69, 9.17) is 15.2 Å². The Bertz CT molecular complexity index is 374. The summed E-state index contributed by atoms with van der Waals surface area (Å²) in [7, 11) is 3.77. The summed E-state index contributed by atoms with van der Waals surface area (Å²) in [4.78, 5) is 2.25. The lowest BCUT2D eigenvalue weighted by molar-refractivity contribution is 0.0796. The Morgan fingerprint density at radius 3 is 2.74 bits per heavy atom. The Kier molecular flexibility index (Phi) is 5.19. The Balaban J connectivity index is 1.82. The summed E-state index contributed by atoms with van der Waals surface area (Å²) in [6.45, 7) is 2.71. The molecular weight excluding hydrogens is 240 g/mol. The van der Waals surface area contributed by atoms with Gasteiger partial charge in [0, 0.05) is 25.7 Å². The van der Waals surface area contributed by atoms with E-state index in [0.717, 1.165) is 31.0 Å². The SMILES string of the molecule is COc1ccc(C(N)CN(C)CC2CCCO2)cc1. The fraction of sp³-hybridized carbons (Fsp3) is 0.600. The first-order chi connectivity index (χ1) is 9.19. The highest BCUT2D eigenvalue weighted by atomic mass is 16.5. The van der Waals surface area contributed by atoms with Crippen molar-refractivity contribution in [2.75, 3.05) is 33.9 Å². The van der Waals surface area contributed by atoms with E-state index in [1.54, 1.807) is 7.11 Å². The lowest BCUT2D eigenvalue weighted by Gasteiger charge is -2.24. The highest BCUT2D eigenvalue weighted by Crippen LogP contribution is 2.18. The molecule has 4 heteroatoms. The summed E-state index contributed by atoms with van der Waals surface area (Å²) in [6.07, 6.45) is 2.73. The first-order valence-corrected chi connectivity index (χ1v) is 6.88. The van der Waals surface area contributed by atoms with Gasteiger partial charge in [-0.3, -0.25) is 0 Å². The van der Waals surface area contributed by atoms with E-state index in [-0.39, 0.29) is 6.04 Å². The molecule has 2 N–H and O–H groups in total. The number of rotatable bonds is 6. The van der Waals surface area contributed by atoms with Gasteiger partial charge < -0.3 is 20.1 Å². The van der Waals surface area contributed by atoms with Crippen molar-refractivity contribution >= 4 is 0 Å². The Hall–Kier alpha value is -1.10. The summed E-state index contributed by atoms with van der Waals surface area (Å²) in [5.41, 5.74) is 7.38. The molecule has 2 rings (SSSR count). The molecule has 2 unspecified atom stereocenters. The van der Waals surface area contributed by atoms with Gasteiger partial charge in [-0.25, -0.2) is 0 Å². The van der Waals surface area contributed by atoms with E-state index in [1.165, 1.54) is 12.8 Å². The van der Waals surface area contributed by atoms with Gasteiger partial charge in [-0.05, 0) is 37.6 Å². The van der Waals surface area contributed by atoms with Crippen LogP contribution in [0, 0.1) is 0 Å². The molecule has 0 bridgehead atoms. The number of hydrogen-bond donors (Lipinski definition) is 1. The van der Waals surface area contributed by atoms with Crippen LogP contribution in [-0.4, -0.2) is 44.9 Å². The molecule has 0 saturated carbocycles. The molecule has 1 aromatic rings. The molecule has 1 fully saturated rings. The predicted octanol–water partition coefficient (Wildman–Crippen LogP) is 1.81. The van der Waals surface area contributed by atoms with Crippen molar-refractivity contribution in [3.63, 3.8) is 0 Å². The first kappa shape index (κ1) is 14.3. The monoisotopic (exact) mass is 264 g/mol. The number of ether oxygens (including phenoxy) is 2. The second-order valence-corrected chi connectivity index (χ2v) is 5.24. The second kappa shape index (κ2) is 6.89. The number of benzene rings is 1. The number of likely N-dealkylation sites (N-methyl/N-ethyl adjacent to an activating group) is 1. The van der Waals surface area contributed by atoms with E-state index >= 15 is 0 Å². The molecule has 1 aromatic carbocycles. The van der Waals surface area contributed by atoms with Crippen LogP contribution in [0.4, 0.5) is 0 Å². The minimum atomic E-state index is 0.0253. The third-order valence-corrected chi connectivity index (χ3v) is 3.59. The zero-order chi connectivity index (χ0) is 13.7. The van der Waals surface area contributed by atoms with Crippen molar-refractivity contribution in [3.8, 4) is 5.75 Å². The van der Waals surface area contributed by atoms with Crippen LogP contribution >= 0.6 is 0 Å². The zero-order valence-electron chi connectivity index (χ0n) is 11.8. The Labute approximate surface area is 115 Å². The van der Waals surface area contributed by atoms with Crippen LogP contribution in [0.3, 0.4) is 0 Å². The summed E-state index contributed by atoms with van der Waals surface area (Å²) >= 11 is 0. The van der Waals surface area contributed by atoms with Crippen molar-refractivity contribution < 1.29 is 9.47 Å². The molecule has 0 aliphatic carbocycles. The summed E-state index contributed by atoms with van der Waals surface area (Å²) in [5, 5.41) is 0. The van der Waals surface area contributed by atoms with Crippen molar-refractivity contribution in [1.82, 2.24) is 4.90 Å². The first-order valence-electron chi connectivity index (χ1n) is 6.88. The van der Waals surface area contributed by atoms with Crippen LogP contribution in [0.2, 0.25) is 0 Å². The fourth-order valence-electron chi connectivity index (χ4n) is 2.50. The van der Waals surface area contributed by atoms with Crippen LogP contribution in [0.1, 0.15) is 24.4 Å². The molecule has 0 spiro atoms. The largest absolute Gasteiger partial charge is 0.497 e. The molecule has 0 radical (unpaired) electrons. The maximum absolute atomic E-state index is 6.24. The van der Waals surface area contributed by atoms with Gasteiger partial charge in [-0.1, -0.05) is 12.1 Å². The lowest BCUT2D eigenvalue weighted by atomic mass is 10.1. The molecule has 19 heavy (non-hydrogen) atoms. The summed E-state index contributed by atoms with van der Waals surface area (Å²) in [6, 6.07) is 7.99. The van der Waals surface area contributed by atoms with Crippen LogP contribution < -0.4 is 10.5 Å². The normalized spacial score (nSPS) is 20.7. The van der Waals surface area contributed by atoms with Crippen LogP contribution in [-0.2, 0) is 4.74 Å². The van der Waals surface area contributed by atoms with E-state index in [0.29, 0.717) is 6.10 Å². The standard InChI is InChI=1S/C15H24N2O2/c1-17(10-14-4-3-9-19-14)11-15(16)12-5-7-13(18-2)8-6-12/h5-8,14-15H,3-4,9-11,16H2,1-2H3. The molecular formula is C15H24N2O2. The van der Waals surface area contributed by atoms with Gasteiger partial charge in [0.05, 0.1) is 13.2 Å². The molecule has 1 aliphatic rings. The average Bonchev–Trinajstić information content (AvgIpc) is 2.91. The van der Waals surface area contributed by atoms with Gasteiger partial charge in [0.1, 0.15) is 5.75 Å². The second-order valence-electron chi connectivity index (χ2n) is 5.24. The van der Waals surface area contributed by atoms with E-state index in [2.05, 4.69) is 11.9 Å². The van der Waals surface area contributed by atoms with Crippen LogP contribution in [0.15, 0.2) is 24.3 Å². The van der Waals surface area contributed by atoms with Crippen molar-refractivity contribution in [2.24, 2.45) is 5.73 Å². The maximum Gasteiger partial charge on any atom is 0.118 e. The van der Waals surface area contributed by atoms with Crippen LogP contribution in [0.5, 0.6) is 5.75 Å². The molecule has 4 nitrogen and oxygen atoms in total. The highest BCUT2D eigenvalue weighted by molar-refractivity contribution is 5.29. The number of methoxy groups -OCH3 is 1. The maximum atomic E-state index is 6.24. The minimum Gasteiger partial charge on any atom is -0.497 e. The van der Waals surface area contributed by atoms with Crippen molar-refractivity contribution in [3.05, 3.63) is 29.8 Å². The minimum absolute atomic E-state index is 0.0253. The topological polar surface area (TPSA) is 47.7 Å². The van der Waals surface area contributed by atoms with E-state index in [9.17, 15) is 0 Å². The van der Waals surface area contributed by atoms with Crippen LogP contribution in [0.25, 0.3) is 0 Å². The lowest BCUT2D eigenvalue weighted by Crippen LogP contribution is -2.34. The van der Waals surface area contributed by atoms with Gasteiger partial charge >= 0.3 is 0 Å².